The number of carbonyl (C=O) groups excluding carboxylic acids is 1. The zero-order valence-electron chi connectivity index (χ0n) is 13.2. The van der Waals surface area contributed by atoms with Gasteiger partial charge in [-0.3, -0.25) is 14.2 Å². The number of hydrogen-bond acceptors (Lipinski definition) is 6. The third-order valence-corrected chi connectivity index (χ3v) is 5.95. The van der Waals surface area contributed by atoms with Crippen LogP contribution in [0.5, 0.6) is 0 Å². The molecule has 0 aliphatic rings. The smallest absolute Gasteiger partial charge is 0.262 e. The van der Waals surface area contributed by atoms with E-state index in [1.54, 1.807) is 6.07 Å². The van der Waals surface area contributed by atoms with E-state index < -0.39 is 0 Å². The number of nitrogens with zero attached hydrogens (tertiary/aromatic N) is 3. The van der Waals surface area contributed by atoms with E-state index in [2.05, 4.69) is 37.9 Å². The molecule has 26 heavy (non-hydrogen) atoms. The zero-order valence-corrected chi connectivity index (χ0v) is 17.0. The number of carbonyl (C=O) groups is 1. The number of fused-ring (bicyclic) bond motifs is 1. The average molecular weight is 494 g/mol. The van der Waals surface area contributed by atoms with Crippen molar-refractivity contribution in [1.82, 2.24) is 14.5 Å². The molecule has 0 aliphatic heterocycles. The largest absolute Gasteiger partial charge is 0.300 e. The van der Waals surface area contributed by atoms with Gasteiger partial charge in [-0.1, -0.05) is 12.1 Å². The molecule has 4 rings (SSSR count). The van der Waals surface area contributed by atoms with Gasteiger partial charge in [0.25, 0.3) is 5.56 Å². The molecule has 6 nitrogen and oxygen atoms in total. The number of halogens is 1. The molecule has 3 heterocycles. The molecule has 1 amide bonds. The fourth-order valence-corrected chi connectivity index (χ4v) is 4.22. The maximum atomic E-state index is 12.3. The van der Waals surface area contributed by atoms with Crippen molar-refractivity contribution in [3.05, 3.63) is 61.3 Å². The topological polar surface area (TPSA) is 76.9 Å². The predicted octanol–water partition coefficient (Wildman–Crippen LogP) is 3.82. The van der Waals surface area contributed by atoms with Gasteiger partial charge < -0.3 is 5.32 Å². The molecule has 0 aliphatic carbocycles. The highest BCUT2D eigenvalue weighted by molar-refractivity contribution is 14.1. The summed E-state index contributed by atoms with van der Waals surface area (Å²) in [6, 6.07) is 9.71. The quantitative estimate of drug-likeness (QED) is 0.438. The molecule has 1 N–H and O–H groups in total. The summed E-state index contributed by atoms with van der Waals surface area (Å²) in [5, 5.41) is 7.48. The monoisotopic (exact) mass is 494 g/mol. The Kier molecular flexibility index (Phi) is 4.83. The van der Waals surface area contributed by atoms with Crippen molar-refractivity contribution >= 4 is 66.5 Å². The molecule has 0 radical (unpaired) electrons. The summed E-state index contributed by atoms with van der Waals surface area (Å²) < 4.78 is 2.45. The van der Waals surface area contributed by atoms with Crippen LogP contribution in [0.15, 0.2) is 52.2 Å². The number of benzene rings is 1. The Bertz CT molecular complexity index is 1150. The molecule has 0 atom stereocenters. The number of hydrogen-bond donors (Lipinski definition) is 1. The third-order valence-electron chi connectivity index (χ3n) is 3.65. The Morgan fingerprint density at radius 3 is 2.81 bits per heavy atom. The molecule has 0 saturated heterocycles. The second kappa shape index (κ2) is 7.25. The van der Waals surface area contributed by atoms with Crippen LogP contribution < -0.4 is 10.9 Å². The lowest BCUT2D eigenvalue weighted by molar-refractivity contribution is -0.116. The molecule has 0 spiro atoms. The van der Waals surface area contributed by atoms with Crippen molar-refractivity contribution in [2.24, 2.45) is 0 Å². The predicted molar refractivity (Wildman–Crippen MR) is 113 cm³/mol. The summed E-state index contributed by atoms with van der Waals surface area (Å²) in [6.45, 7) is -0.101. The van der Waals surface area contributed by atoms with Gasteiger partial charge in [0.05, 0.1) is 17.4 Å². The van der Waals surface area contributed by atoms with Gasteiger partial charge in [0.2, 0.25) is 5.91 Å². The van der Waals surface area contributed by atoms with Gasteiger partial charge in [-0.2, -0.15) is 0 Å². The number of thiazole rings is 1. The SMILES string of the molecule is O=C(Cn1cnc2sccc2c1=O)Nc1nc(-c2ccc(I)cc2)cs1. The van der Waals surface area contributed by atoms with E-state index in [1.807, 2.05) is 35.0 Å². The highest BCUT2D eigenvalue weighted by Crippen LogP contribution is 2.25. The summed E-state index contributed by atoms with van der Waals surface area (Å²) in [4.78, 5) is 33.9. The Balaban J connectivity index is 1.49. The second-order valence-corrected chi connectivity index (χ2v) is 8.41. The van der Waals surface area contributed by atoms with Crippen LogP contribution in [0.2, 0.25) is 0 Å². The van der Waals surface area contributed by atoms with Gasteiger partial charge in [0, 0.05) is 14.5 Å². The molecule has 4 aromatic rings. The van der Waals surface area contributed by atoms with Crippen LogP contribution in [0.1, 0.15) is 0 Å². The van der Waals surface area contributed by atoms with Crippen LogP contribution in [0.3, 0.4) is 0 Å². The summed E-state index contributed by atoms with van der Waals surface area (Å²) in [6.07, 6.45) is 1.40. The van der Waals surface area contributed by atoms with Crippen LogP contribution in [-0.4, -0.2) is 20.4 Å². The van der Waals surface area contributed by atoms with Crippen molar-refractivity contribution in [2.45, 2.75) is 6.54 Å². The van der Waals surface area contributed by atoms with Crippen LogP contribution in [0, 0.1) is 3.57 Å². The fourth-order valence-electron chi connectivity index (χ4n) is 2.40. The first-order chi connectivity index (χ1) is 12.6. The minimum absolute atomic E-state index is 0.101. The number of rotatable bonds is 4. The highest BCUT2D eigenvalue weighted by atomic mass is 127. The normalized spacial score (nSPS) is 11.0. The zero-order chi connectivity index (χ0) is 18.1. The summed E-state index contributed by atoms with van der Waals surface area (Å²) in [5.41, 5.74) is 1.58. The van der Waals surface area contributed by atoms with Gasteiger partial charge in [0.1, 0.15) is 11.4 Å². The summed E-state index contributed by atoms with van der Waals surface area (Å²) >= 11 is 5.00. The van der Waals surface area contributed by atoms with E-state index in [-0.39, 0.29) is 18.0 Å². The molecular formula is C17H11IN4O2S2. The van der Waals surface area contributed by atoms with E-state index in [0.29, 0.717) is 15.3 Å². The van der Waals surface area contributed by atoms with Crippen molar-refractivity contribution in [1.29, 1.82) is 0 Å². The van der Waals surface area contributed by atoms with Gasteiger partial charge in [-0.25, -0.2) is 9.97 Å². The van der Waals surface area contributed by atoms with Crippen molar-refractivity contribution in [3.63, 3.8) is 0 Å². The first kappa shape index (κ1) is 17.3. The number of amides is 1. The second-order valence-electron chi connectivity index (χ2n) is 5.41. The van der Waals surface area contributed by atoms with Gasteiger partial charge in [-0.05, 0) is 46.2 Å². The minimum atomic E-state index is -0.313. The van der Waals surface area contributed by atoms with Crippen molar-refractivity contribution < 1.29 is 4.79 Å². The van der Waals surface area contributed by atoms with E-state index in [4.69, 9.17) is 0 Å². The molecule has 0 saturated carbocycles. The van der Waals surface area contributed by atoms with Crippen molar-refractivity contribution in [2.75, 3.05) is 5.32 Å². The standard InChI is InChI=1S/C17H11IN4O2S2/c18-11-3-1-10(2-4-11)13-8-26-17(20-13)21-14(23)7-22-9-19-15-12(16(22)24)5-6-25-15/h1-6,8-9H,7H2,(H,20,21,23). The maximum Gasteiger partial charge on any atom is 0.262 e. The average Bonchev–Trinajstić information content (AvgIpc) is 3.28. The molecule has 0 fully saturated rings. The van der Waals surface area contributed by atoms with E-state index in [9.17, 15) is 9.59 Å². The van der Waals surface area contributed by atoms with Crippen LogP contribution in [0.4, 0.5) is 5.13 Å². The van der Waals surface area contributed by atoms with E-state index in [0.717, 1.165) is 14.8 Å². The first-order valence-electron chi connectivity index (χ1n) is 7.54. The van der Waals surface area contributed by atoms with E-state index >= 15 is 0 Å². The fraction of sp³-hybridized carbons (Fsp3) is 0.0588. The number of nitrogens with one attached hydrogen (secondary N) is 1. The summed E-state index contributed by atoms with van der Waals surface area (Å²) in [7, 11) is 0. The number of thiophene rings is 1. The Morgan fingerprint density at radius 2 is 2.00 bits per heavy atom. The number of aromatic nitrogens is 3. The molecule has 130 valence electrons. The molecular weight excluding hydrogens is 483 g/mol. The molecule has 9 heteroatoms. The Hall–Kier alpha value is -2.11. The highest BCUT2D eigenvalue weighted by Gasteiger charge is 2.11. The lowest BCUT2D eigenvalue weighted by Gasteiger charge is -2.05. The number of anilines is 1. The Labute approximate surface area is 169 Å². The van der Waals surface area contributed by atoms with Crippen LogP contribution in [0.25, 0.3) is 21.5 Å². The molecule has 1 aromatic carbocycles. The molecule has 0 bridgehead atoms. The maximum absolute atomic E-state index is 12.3. The third kappa shape index (κ3) is 3.55. The van der Waals surface area contributed by atoms with E-state index in [1.165, 1.54) is 33.6 Å². The lowest BCUT2D eigenvalue weighted by Crippen LogP contribution is -2.27. The lowest BCUT2D eigenvalue weighted by atomic mass is 10.2. The van der Waals surface area contributed by atoms with Crippen molar-refractivity contribution in [3.8, 4) is 11.3 Å². The summed E-state index contributed by atoms with van der Waals surface area (Å²) in [5.74, 6) is -0.313. The minimum Gasteiger partial charge on any atom is -0.300 e. The van der Waals surface area contributed by atoms with Crippen LogP contribution >= 0.6 is 45.3 Å². The van der Waals surface area contributed by atoms with Crippen LogP contribution in [-0.2, 0) is 11.3 Å². The van der Waals surface area contributed by atoms with Gasteiger partial charge in [0.15, 0.2) is 5.13 Å². The van der Waals surface area contributed by atoms with Gasteiger partial charge >= 0.3 is 0 Å². The molecule has 3 aromatic heterocycles. The molecule has 0 unspecified atom stereocenters. The Morgan fingerprint density at radius 1 is 1.19 bits per heavy atom. The van der Waals surface area contributed by atoms with Gasteiger partial charge in [-0.15, -0.1) is 22.7 Å². The first-order valence-corrected chi connectivity index (χ1v) is 10.4.